The Kier molecular flexibility index (Phi) is 57.1. The van der Waals surface area contributed by atoms with Gasteiger partial charge < -0.3 is 33.2 Å². The third-order valence-corrected chi connectivity index (χ3v) is 12.7. The van der Waals surface area contributed by atoms with E-state index in [4.69, 9.17) is 33.2 Å². The van der Waals surface area contributed by atoms with Gasteiger partial charge in [0.1, 0.15) is 0 Å². The molecule has 0 aromatic carbocycles. The van der Waals surface area contributed by atoms with Gasteiger partial charge >= 0.3 is 0 Å². The highest BCUT2D eigenvalue weighted by Gasteiger charge is 2.14. The van der Waals surface area contributed by atoms with Crippen molar-refractivity contribution in [1.29, 1.82) is 0 Å². The molecule has 0 rings (SSSR count). The van der Waals surface area contributed by atoms with Crippen LogP contribution in [-0.4, -0.2) is 64.8 Å². The molecule has 2 atom stereocenters. The van der Waals surface area contributed by atoms with Crippen molar-refractivity contribution in [3.05, 3.63) is 24.3 Å². The third kappa shape index (κ3) is 51.4. The number of unbranched alkanes of at least 4 members (excludes halogenated alkanes) is 30. The van der Waals surface area contributed by atoms with E-state index in [0.29, 0.717) is 0 Å². The smallest absolute Gasteiger partial charge is 0.180 e. The minimum Gasteiger partial charge on any atom is -0.353 e. The molecule has 0 amide bonds. The van der Waals surface area contributed by atoms with Gasteiger partial charge in [0.25, 0.3) is 0 Å². The van der Waals surface area contributed by atoms with Crippen LogP contribution in [0.1, 0.15) is 298 Å². The number of hydrogen-bond acceptors (Lipinski definition) is 7. The minimum atomic E-state index is -0.383. The Morgan fingerprint density at radius 1 is 0.254 bits per heavy atom. The summed E-state index contributed by atoms with van der Waals surface area (Å²) in [5.41, 5.74) is 0. The molecule has 0 aromatic rings. The van der Waals surface area contributed by atoms with Crippen molar-refractivity contribution >= 4 is 0 Å². The quantitative estimate of drug-likeness (QED) is 0.0342. The summed E-state index contributed by atoms with van der Waals surface area (Å²) in [5, 5.41) is 0. The molecule has 400 valence electrons. The van der Waals surface area contributed by atoms with Crippen molar-refractivity contribution in [2.24, 2.45) is 0 Å². The zero-order valence-corrected chi connectivity index (χ0v) is 46.0. The Hall–Kier alpha value is -0.800. The second-order valence-corrected chi connectivity index (χ2v) is 19.6. The molecule has 0 saturated heterocycles. The Morgan fingerprint density at radius 2 is 0.493 bits per heavy atom. The van der Waals surface area contributed by atoms with Crippen molar-refractivity contribution in [2.45, 2.75) is 324 Å². The van der Waals surface area contributed by atoms with Crippen LogP contribution in [-0.2, 0) is 33.2 Å². The topological polar surface area (TPSA) is 64.6 Å². The van der Waals surface area contributed by atoms with Crippen LogP contribution in [0, 0.1) is 0 Å². The number of ether oxygens (including phenoxy) is 7. The second kappa shape index (κ2) is 57.8. The third-order valence-electron chi connectivity index (χ3n) is 12.7. The zero-order chi connectivity index (χ0) is 48.6. The molecule has 0 aliphatic rings. The Labute approximate surface area is 419 Å². The van der Waals surface area contributed by atoms with E-state index in [1.165, 1.54) is 193 Å². The number of allylic oxidation sites excluding steroid dienone is 2. The van der Waals surface area contributed by atoms with Gasteiger partial charge in [-0.2, -0.15) is 0 Å². The van der Waals surface area contributed by atoms with E-state index in [-0.39, 0.29) is 25.2 Å². The van der Waals surface area contributed by atoms with Gasteiger partial charge in [-0.3, -0.25) is 0 Å². The predicted octanol–water partition coefficient (Wildman–Crippen LogP) is 19.2. The fraction of sp³-hybridized carbons (Fsp3) is 0.933. The standard InChI is InChI=1S/C60H118O7/c1-7-13-19-35-45-55-65-59(49-39-33-29-25-21-23-27-31-37-47-57(61-51-41-15-9-3)62-52-42-16-10-4)67-60(66-56-46-36-20-14-8-2)50-40-34-30-26-22-24-28-32-38-48-58(63-53-43-17-11-5)64-54-44-18-12-6/h39-40,49-50,57-60H,7-38,41-48,51-56H2,1-6H3. The summed E-state index contributed by atoms with van der Waals surface area (Å²) >= 11 is 0. The van der Waals surface area contributed by atoms with Crippen LogP contribution in [0.4, 0.5) is 0 Å². The normalized spacial score (nSPS) is 13.1. The lowest BCUT2D eigenvalue weighted by Gasteiger charge is -2.22. The molecule has 0 spiro atoms. The monoisotopic (exact) mass is 951 g/mol. The van der Waals surface area contributed by atoms with Crippen molar-refractivity contribution in [3.63, 3.8) is 0 Å². The highest BCUT2D eigenvalue weighted by Crippen LogP contribution is 2.18. The van der Waals surface area contributed by atoms with Crippen LogP contribution in [0.15, 0.2) is 24.3 Å². The van der Waals surface area contributed by atoms with Crippen LogP contribution in [0.2, 0.25) is 0 Å². The maximum atomic E-state index is 6.58. The average molecular weight is 952 g/mol. The molecule has 0 aliphatic carbocycles. The van der Waals surface area contributed by atoms with Gasteiger partial charge in [-0.05, 0) is 102 Å². The molecule has 7 nitrogen and oxygen atoms in total. The van der Waals surface area contributed by atoms with E-state index in [1.807, 2.05) is 0 Å². The predicted molar refractivity (Wildman–Crippen MR) is 289 cm³/mol. The van der Waals surface area contributed by atoms with E-state index in [0.717, 1.165) is 104 Å². The summed E-state index contributed by atoms with van der Waals surface area (Å²) in [4.78, 5) is 0. The fourth-order valence-corrected chi connectivity index (χ4v) is 8.25. The van der Waals surface area contributed by atoms with E-state index < -0.39 is 0 Å². The van der Waals surface area contributed by atoms with E-state index >= 15 is 0 Å². The van der Waals surface area contributed by atoms with Crippen molar-refractivity contribution in [2.75, 3.05) is 39.6 Å². The molecule has 67 heavy (non-hydrogen) atoms. The van der Waals surface area contributed by atoms with Gasteiger partial charge in [0.2, 0.25) is 0 Å². The van der Waals surface area contributed by atoms with E-state index in [1.54, 1.807) is 0 Å². The highest BCUT2D eigenvalue weighted by molar-refractivity contribution is 4.90. The molecule has 0 aromatic heterocycles. The van der Waals surface area contributed by atoms with Crippen molar-refractivity contribution in [3.8, 4) is 0 Å². The SMILES string of the molecule is CCCCCCCOC(C=CCCCCCCCCCC(OCCCCC)OCCCCC)OC(C=CCCCCCCCCCC(OCCCCC)OCCCCC)OCCCCCCC. The first-order valence-electron chi connectivity index (χ1n) is 29.8. The molecule has 0 N–H and O–H groups in total. The van der Waals surface area contributed by atoms with Crippen LogP contribution in [0.25, 0.3) is 0 Å². The summed E-state index contributed by atoms with van der Waals surface area (Å²) in [6, 6.07) is 0. The summed E-state index contributed by atoms with van der Waals surface area (Å²) in [6.07, 6.45) is 56.7. The lowest BCUT2D eigenvalue weighted by molar-refractivity contribution is -0.208. The molecule has 0 aliphatic heterocycles. The maximum absolute atomic E-state index is 6.58. The Morgan fingerprint density at radius 3 is 0.821 bits per heavy atom. The molecular weight excluding hydrogens is 833 g/mol. The highest BCUT2D eigenvalue weighted by atomic mass is 16.8. The molecule has 0 heterocycles. The Balaban J connectivity index is 4.86. The van der Waals surface area contributed by atoms with E-state index in [9.17, 15) is 0 Å². The largest absolute Gasteiger partial charge is 0.353 e. The first-order valence-corrected chi connectivity index (χ1v) is 29.8. The van der Waals surface area contributed by atoms with Crippen LogP contribution >= 0.6 is 0 Å². The van der Waals surface area contributed by atoms with Crippen LogP contribution in [0.5, 0.6) is 0 Å². The molecule has 7 heteroatoms. The molecule has 0 radical (unpaired) electrons. The average Bonchev–Trinajstić information content (AvgIpc) is 3.33. The maximum Gasteiger partial charge on any atom is 0.180 e. The summed E-state index contributed by atoms with van der Waals surface area (Å²) in [7, 11) is 0. The molecular formula is C60H118O7. The number of hydrogen-bond donors (Lipinski definition) is 0. The molecule has 0 bridgehead atoms. The number of rotatable bonds is 58. The molecule has 0 fully saturated rings. The van der Waals surface area contributed by atoms with Gasteiger partial charge in [-0.25, -0.2) is 0 Å². The van der Waals surface area contributed by atoms with Gasteiger partial charge in [-0.1, -0.05) is 221 Å². The van der Waals surface area contributed by atoms with Gasteiger partial charge in [0, 0.05) is 26.4 Å². The zero-order valence-electron chi connectivity index (χ0n) is 46.0. The lowest BCUT2D eigenvalue weighted by Crippen LogP contribution is -2.25. The first kappa shape index (κ1) is 66.2. The molecule has 2 unspecified atom stereocenters. The van der Waals surface area contributed by atoms with Crippen molar-refractivity contribution < 1.29 is 33.2 Å². The Bertz CT molecular complexity index is 861. The summed E-state index contributed by atoms with van der Waals surface area (Å²) in [5.74, 6) is 0. The van der Waals surface area contributed by atoms with Gasteiger partial charge in [0.15, 0.2) is 25.2 Å². The van der Waals surface area contributed by atoms with Crippen LogP contribution < -0.4 is 0 Å². The summed E-state index contributed by atoms with van der Waals surface area (Å²) in [6.45, 7) is 18.3. The van der Waals surface area contributed by atoms with Crippen molar-refractivity contribution in [1.82, 2.24) is 0 Å². The molecule has 0 saturated carbocycles. The van der Waals surface area contributed by atoms with E-state index in [2.05, 4.69) is 65.8 Å². The van der Waals surface area contributed by atoms with Crippen LogP contribution in [0.3, 0.4) is 0 Å². The first-order chi connectivity index (χ1) is 33.1. The second-order valence-electron chi connectivity index (χ2n) is 19.6. The lowest BCUT2D eigenvalue weighted by atomic mass is 10.1. The fourth-order valence-electron chi connectivity index (χ4n) is 8.25. The minimum absolute atomic E-state index is 0.0152. The van der Waals surface area contributed by atoms with Gasteiger partial charge in [0.05, 0.1) is 13.2 Å². The summed E-state index contributed by atoms with van der Waals surface area (Å²) < 4.78 is 43.9. The van der Waals surface area contributed by atoms with Gasteiger partial charge in [-0.15, -0.1) is 0 Å².